The molecule has 0 radical (unpaired) electrons. The van der Waals surface area contributed by atoms with Gasteiger partial charge in [-0.3, -0.25) is 4.79 Å². The van der Waals surface area contributed by atoms with Gasteiger partial charge in [0.15, 0.2) is 5.65 Å². The Morgan fingerprint density at radius 1 is 1.39 bits per heavy atom. The molecule has 1 amide bonds. The monoisotopic (exact) mass is 326 g/mol. The van der Waals surface area contributed by atoms with Crippen molar-refractivity contribution in [3.05, 3.63) is 46.5 Å². The molecule has 0 N–H and O–H groups in total. The Morgan fingerprint density at radius 2 is 2.30 bits per heavy atom. The highest BCUT2D eigenvalue weighted by Crippen LogP contribution is 2.30. The fraction of sp³-hybridized carbons (Fsp3) is 0.353. The van der Waals surface area contributed by atoms with E-state index in [1.807, 2.05) is 34.5 Å². The largest absolute Gasteiger partial charge is 0.337 e. The van der Waals surface area contributed by atoms with Gasteiger partial charge in [0.25, 0.3) is 5.91 Å². The first kappa shape index (κ1) is 14.4. The molecule has 1 aliphatic rings. The van der Waals surface area contributed by atoms with Crippen molar-refractivity contribution in [2.24, 2.45) is 0 Å². The summed E-state index contributed by atoms with van der Waals surface area (Å²) in [5.41, 5.74) is 1.88. The number of thiophene rings is 1. The van der Waals surface area contributed by atoms with Crippen molar-refractivity contribution in [1.82, 2.24) is 19.4 Å². The molecule has 4 rings (SSSR count). The molecule has 4 heterocycles. The predicted octanol–water partition coefficient (Wildman–Crippen LogP) is 3.14. The van der Waals surface area contributed by atoms with Crippen LogP contribution in [0.4, 0.5) is 0 Å². The Morgan fingerprint density at radius 3 is 3.09 bits per heavy atom. The lowest BCUT2D eigenvalue weighted by Crippen LogP contribution is -2.28. The predicted molar refractivity (Wildman–Crippen MR) is 90.8 cm³/mol. The third-order valence-corrected chi connectivity index (χ3v) is 5.28. The number of rotatable bonds is 3. The first-order valence-electron chi connectivity index (χ1n) is 7.92. The van der Waals surface area contributed by atoms with Crippen molar-refractivity contribution >= 4 is 28.4 Å². The van der Waals surface area contributed by atoms with Crippen LogP contribution in [0.25, 0.3) is 11.2 Å². The molecule has 0 spiro atoms. The third-order valence-electron chi connectivity index (χ3n) is 4.42. The number of aromatic nitrogens is 3. The summed E-state index contributed by atoms with van der Waals surface area (Å²) in [5, 5.41) is 1.95. The summed E-state index contributed by atoms with van der Waals surface area (Å²) in [6, 6.07) is 7.74. The molecular formula is C17H18N4OS. The van der Waals surface area contributed by atoms with Gasteiger partial charge < -0.3 is 9.47 Å². The second kappa shape index (κ2) is 5.77. The van der Waals surface area contributed by atoms with Crippen LogP contribution in [0.15, 0.2) is 35.8 Å². The number of nitrogens with zero attached hydrogens (tertiary/aromatic N) is 4. The van der Waals surface area contributed by atoms with E-state index in [9.17, 15) is 4.79 Å². The number of carbonyl (C=O) groups excluding carboxylic acids is 1. The molecule has 23 heavy (non-hydrogen) atoms. The van der Waals surface area contributed by atoms with Crippen LogP contribution in [0.5, 0.6) is 0 Å². The Kier molecular flexibility index (Phi) is 3.61. The van der Waals surface area contributed by atoms with Gasteiger partial charge in [-0.1, -0.05) is 6.07 Å². The average molecular weight is 326 g/mol. The summed E-state index contributed by atoms with van der Waals surface area (Å²) < 4.78 is 2.18. The molecule has 1 unspecified atom stereocenters. The zero-order valence-electron chi connectivity index (χ0n) is 13.0. The second-order valence-corrected chi connectivity index (χ2v) is 6.72. The summed E-state index contributed by atoms with van der Waals surface area (Å²) >= 11 is 1.50. The van der Waals surface area contributed by atoms with Gasteiger partial charge in [-0.25, -0.2) is 9.97 Å². The molecule has 0 aliphatic carbocycles. The molecule has 5 nitrogen and oxygen atoms in total. The maximum atomic E-state index is 12.5. The summed E-state index contributed by atoms with van der Waals surface area (Å²) in [4.78, 5) is 24.5. The molecule has 3 aromatic heterocycles. The van der Waals surface area contributed by atoms with Crippen LogP contribution in [-0.4, -0.2) is 38.4 Å². The molecule has 1 atom stereocenters. The van der Waals surface area contributed by atoms with Crippen molar-refractivity contribution in [3.8, 4) is 0 Å². The van der Waals surface area contributed by atoms with E-state index in [1.165, 1.54) is 11.3 Å². The minimum absolute atomic E-state index is 0.139. The van der Waals surface area contributed by atoms with Crippen LogP contribution in [0.2, 0.25) is 0 Å². The summed E-state index contributed by atoms with van der Waals surface area (Å²) in [7, 11) is 0. The molecular weight excluding hydrogens is 308 g/mol. The van der Waals surface area contributed by atoms with Crippen LogP contribution in [-0.2, 0) is 6.54 Å². The Labute approximate surface area is 138 Å². The molecule has 1 saturated heterocycles. The number of hydrogen-bond acceptors (Lipinski definition) is 4. The lowest BCUT2D eigenvalue weighted by molar-refractivity contribution is 0.0795. The van der Waals surface area contributed by atoms with Gasteiger partial charge in [-0.05, 0) is 36.9 Å². The van der Waals surface area contributed by atoms with Crippen molar-refractivity contribution in [2.75, 3.05) is 13.1 Å². The van der Waals surface area contributed by atoms with Crippen molar-refractivity contribution in [2.45, 2.75) is 25.8 Å². The van der Waals surface area contributed by atoms with E-state index < -0.39 is 0 Å². The Balaban J connectivity index is 1.61. The van der Waals surface area contributed by atoms with E-state index in [1.54, 1.807) is 6.20 Å². The highest BCUT2D eigenvalue weighted by molar-refractivity contribution is 7.12. The van der Waals surface area contributed by atoms with Gasteiger partial charge in [0.05, 0.1) is 4.88 Å². The van der Waals surface area contributed by atoms with Crippen LogP contribution >= 0.6 is 11.3 Å². The summed E-state index contributed by atoms with van der Waals surface area (Å²) in [6.07, 6.45) is 2.77. The molecule has 3 aromatic rings. The number of amides is 1. The lowest BCUT2D eigenvalue weighted by Gasteiger charge is -2.16. The zero-order valence-corrected chi connectivity index (χ0v) is 13.8. The molecule has 0 aromatic carbocycles. The highest BCUT2D eigenvalue weighted by atomic mass is 32.1. The van der Waals surface area contributed by atoms with Gasteiger partial charge in [-0.2, -0.15) is 0 Å². The molecule has 6 heteroatoms. The SMILES string of the molecule is CCn1c(C2CCN(C(=O)c3cccs3)C2)nc2cccnc21. The van der Waals surface area contributed by atoms with E-state index in [4.69, 9.17) is 4.98 Å². The van der Waals surface area contributed by atoms with Gasteiger partial charge in [0.2, 0.25) is 0 Å². The Hall–Kier alpha value is -2.21. The molecule has 1 fully saturated rings. The quantitative estimate of drug-likeness (QED) is 0.743. The number of imidazole rings is 1. The van der Waals surface area contributed by atoms with Crippen LogP contribution in [0, 0.1) is 0 Å². The van der Waals surface area contributed by atoms with E-state index in [0.29, 0.717) is 0 Å². The van der Waals surface area contributed by atoms with E-state index in [-0.39, 0.29) is 11.8 Å². The minimum Gasteiger partial charge on any atom is -0.337 e. The number of aryl methyl sites for hydroxylation is 1. The average Bonchev–Trinajstić information content (AvgIpc) is 3.31. The highest BCUT2D eigenvalue weighted by Gasteiger charge is 2.31. The Bertz CT molecular complexity index is 840. The first-order chi connectivity index (χ1) is 11.3. The van der Waals surface area contributed by atoms with Gasteiger partial charge >= 0.3 is 0 Å². The summed E-state index contributed by atoms with van der Waals surface area (Å²) in [6.45, 7) is 4.49. The number of fused-ring (bicyclic) bond motifs is 1. The normalized spacial score (nSPS) is 18.0. The number of pyridine rings is 1. The first-order valence-corrected chi connectivity index (χ1v) is 8.80. The lowest BCUT2D eigenvalue weighted by atomic mass is 10.1. The fourth-order valence-corrected chi connectivity index (χ4v) is 4.00. The van der Waals surface area contributed by atoms with Gasteiger partial charge in [0, 0.05) is 31.7 Å². The third kappa shape index (κ3) is 2.43. The smallest absolute Gasteiger partial charge is 0.263 e. The van der Waals surface area contributed by atoms with Crippen LogP contribution in [0.3, 0.4) is 0 Å². The topological polar surface area (TPSA) is 51.0 Å². The number of carbonyl (C=O) groups is 1. The number of hydrogen-bond donors (Lipinski definition) is 0. The molecule has 0 saturated carbocycles. The maximum Gasteiger partial charge on any atom is 0.263 e. The van der Waals surface area contributed by atoms with Crippen LogP contribution < -0.4 is 0 Å². The van der Waals surface area contributed by atoms with Crippen molar-refractivity contribution in [3.63, 3.8) is 0 Å². The minimum atomic E-state index is 0.139. The van der Waals surface area contributed by atoms with Gasteiger partial charge in [0.1, 0.15) is 11.3 Å². The maximum absolute atomic E-state index is 12.5. The van der Waals surface area contributed by atoms with E-state index >= 15 is 0 Å². The van der Waals surface area contributed by atoms with E-state index in [0.717, 1.165) is 47.9 Å². The molecule has 0 bridgehead atoms. The van der Waals surface area contributed by atoms with Crippen molar-refractivity contribution < 1.29 is 4.79 Å². The van der Waals surface area contributed by atoms with Crippen molar-refractivity contribution in [1.29, 1.82) is 0 Å². The second-order valence-electron chi connectivity index (χ2n) is 5.77. The molecule has 1 aliphatic heterocycles. The van der Waals surface area contributed by atoms with Crippen LogP contribution in [0.1, 0.15) is 34.8 Å². The molecule has 118 valence electrons. The fourth-order valence-electron chi connectivity index (χ4n) is 3.31. The number of likely N-dealkylation sites (tertiary alicyclic amines) is 1. The van der Waals surface area contributed by atoms with E-state index in [2.05, 4.69) is 16.5 Å². The van der Waals surface area contributed by atoms with Gasteiger partial charge in [-0.15, -0.1) is 11.3 Å². The summed E-state index contributed by atoms with van der Waals surface area (Å²) in [5.74, 6) is 1.48. The zero-order chi connectivity index (χ0) is 15.8. The standard InChI is InChI=1S/C17H18N4OS/c1-2-21-15(19-13-5-3-8-18-16(13)21)12-7-9-20(11-12)17(22)14-6-4-10-23-14/h3-6,8,10,12H,2,7,9,11H2,1H3.